The summed E-state index contributed by atoms with van der Waals surface area (Å²) in [6.45, 7) is 3.59. The fourth-order valence-corrected chi connectivity index (χ4v) is 3.30. The Labute approximate surface area is 153 Å². The second kappa shape index (κ2) is 8.50. The third-order valence-corrected chi connectivity index (χ3v) is 4.68. The van der Waals surface area contributed by atoms with E-state index in [1.165, 1.54) is 25.3 Å². The Morgan fingerprint density at radius 3 is 2.69 bits per heavy atom. The van der Waals surface area contributed by atoms with Crippen LogP contribution >= 0.6 is 0 Å². The van der Waals surface area contributed by atoms with Gasteiger partial charge in [-0.2, -0.15) is 5.26 Å². The van der Waals surface area contributed by atoms with Crippen molar-refractivity contribution >= 4 is 22.8 Å². The van der Waals surface area contributed by atoms with Crippen LogP contribution in [0.4, 0.5) is 0 Å². The number of carboxylic acid groups (broad SMARTS) is 1. The number of ether oxygens (including phenoxy) is 1. The molecule has 0 spiro atoms. The second-order valence-corrected chi connectivity index (χ2v) is 6.42. The van der Waals surface area contributed by atoms with E-state index in [1.807, 2.05) is 36.4 Å². The van der Waals surface area contributed by atoms with E-state index in [1.54, 1.807) is 6.07 Å². The number of aliphatic carboxylic acids is 1. The minimum absolute atomic E-state index is 0.303. The van der Waals surface area contributed by atoms with Crippen molar-refractivity contribution in [2.75, 3.05) is 26.2 Å². The van der Waals surface area contributed by atoms with Gasteiger partial charge in [0.05, 0.1) is 0 Å². The molecule has 1 aliphatic heterocycles. The lowest BCUT2D eigenvalue weighted by Gasteiger charge is -2.26. The van der Waals surface area contributed by atoms with Gasteiger partial charge in [0.25, 0.3) is 0 Å². The molecular weight excluding hydrogens is 328 g/mol. The fourth-order valence-electron chi connectivity index (χ4n) is 3.30. The van der Waals surface area contributed by atoms with Gasteiger partial charge in [-0.05, 0) is 48.8 Å². The molecule has 1 saturated heterocycles. The first-order valence-corrected chi connectivity index (χ1v) is 8.91. The average Bonchev–Trinajstić information content (AvgIpc) is 2.67. The lowest BCUT2D eigenvalue weighted by Crippen LogP contribution is -2.33. The van der Waals surface area contributed by atoms with Crippen LogP contribution in [0.25, 0.3) is 16.8 Å². The Balaban J connectivity index is 1.87. The Kier molecular flexibility index (Phi) is 5.88. The summed E-state index contributed by atoms with van der Waals surface area (Å²) in [5.41, 5.74) is 0.336. The van der Waals surface area contributed by atoms with Gasteiger partial charge < -0.3 is 9.84 Å². The first-order chi connectivity index (χ1) is 12.7. The Morgan fingerprint density at radius 1 is 1.19 bits per heavy atom. The molecule has 0 aliphatic carbocycles. The van der Waals surface area contributed by atoms with Crippen LogP contribution < -0.4 is 4.74 Å². The van der Waals surface area contributed by atoms with Crippen molar-refractivity contribution < 1.29 is 14.6 Å². The van der Waals surface area contributed by atoms with E-state index in [0.717, 1.165) is 30.4 Å². The number of carbonyl (C=O) groups is 1. The number of fused-ring (bicyclic) bond motifs is 1. The number of nitrogens with zero attached hydrogens (tertiary/aromatic N) is 2. The summed E-state index contributed by atoms with van der Waals surface area (Å²) >= 11 is 0. The van der Waals surface area contributed by atoms with Crippen molar-refractivity contribution in [3.05, 3.63) is 47.5 Å². The van der Waals surface area contributed by atoms with E-state index in [0.29, 0.717) is 17.9 Å². The summed E-state index contributed by atoms with van der Waals surface area (Å²) in [6.07, 6.45) is 5.16. The zero-order valence-electron chi connectivity index (χ0n) is 14.6. The molecule has 0 bridgehead atoms. The van der Waals surface area contributed by atoms with Crippen molar-refractivity contribution in [1.29, 1.82) is 5.26 Å². The number of piperidine rings is 1. The number of likely N-dealkylation sites (tertiary alicyclic amines) is 1. The standard InChI is InChI=1S/C21H22N2O3/c22-15-17(21(24)25)14-19-18-7-3-2-6-16(18)8-9-20(19)26-13-12-23-10-4-1-5-11-23/h2-3,6-9,14H,1,4-5,10-13H2,(H,24,25). The van der Waals surface area contributed by atoms with E-state index < -0.39 is 5.97 Å². The molecule has 0 radical (unpaired) electrons. The summed E-state index contributed by atoms with van der Waals surface area (Å²) in [5, 5.41) is 20.2. The van der Waals surface area contributed by atoms with Crippen molar-refractivity contribution in [1.82, 2.24) is 4.90 Å². The zero-order valence-corrected chi connectivity index (χ0v) is 14.6. The monoisotopic (exact) mass is 350 g/mol. The van der Waals surface area contributed by atoms with Crippen molar-refractivity contribution in [3.8, 4) is 11.8 Å². The molecular formula is C21H22N2O3. The van der Waals surface area contributed by atoms with Crippen LogP contribution in [0.1, 0.15) is 24.8 Å². The number of benzene rings is 2. The predicted octanol–water partition coefficient (Wildman–Crippen LogP) is 3.70. The van der Waals surface area contributed by atoms with Crippen LogP contribution in [0.15, 0.2) is 42.0 Å². The van der Waals surface area contributed by atoms with E-state index in [-0.39, 0.29) is 5.57 Å². The average molecular weight is 350 g/mol. The van der Waals surface area contributed by atoms with Gasteiger partial charge in [0.1, 0.15) is 24.0 Å². The zero-order chi connectivity index (χ0) is 18.4. The molecule has 1 heterocycles. The van der Waals surface area contributed by atoms with E-state index >= 15 is 0 Å². The van der Waals surface area contributed by atoms with Crippen LogP contribution in [0, 0.1) is 11.3 Å². The Hall–Kier alpha value is -2.84. The minimum Gasteiger partial charge on any atom is -0.492 e. The second-order valence-electron chi connectivity index (χ2n) is 6.42. The summed E-state index contributed by atoms with van der Waals surface area (Å²) in [5.74, 6) is -0.630. The normalized spacial score (nSPS) is 15.6. The molecule has 26 heavy (non-hydrogen) atoms. The number of hydrogen-bond donors (Lipinski definition) is 1. The van der Waals surface area contributed by atoms with Crippen LogP contribution in [-0.2, 0) is 4.79 Å². The molecule has 1 fully saturated rings. The summed E-state index contributed by atoms with van der Waals surface area (Å²) < 4.78 is 5.98. The van der Waals surface area contributed by atoms with Gasteiger partial charge >= 0.3 is 5.97 Å². The van der Waals surface area contributed by atoms with Gasteiger partial charge in [-0.1, -0.05) is 36.8 Å². The quantitative estimate of drug-likeness (QED) is 0.635. The third-order valence-electron chi connectivity index (χ3n) is 4.68. The maximum Gasteiger partial charge on any atom is 0.346 e. The lowest BCUT2D eigenvalue weighted by molar-refractivity contribution is -0.132. The lowest BCUT2D eigenvalue weighted by atomic mass is 10.0. The highest BCUT2D eigenvalue weighted by atomic mass is 16.5. The van der Waals surface area contributed by atoms with Gasteiger partial charge in [-0.15, -0.1) is 0 Å². The SMILES string of the molecule is N#CC(=Cc1c(OCCN2CCCCC2)ccc2ccccc12)C(=O)O. The minimum atomic E-state index is -1.24. The molecule has 0 unspecified atom stereocenters. The third kappa shape index (κ3) is 4.22. The smallest absolute Gasteiger partial charge is 0.346 e. The van der Waals surface area contributed by atoms with Gasteiger partial charge in [-0.25, -0.2) is 4.79 Å². The highest BCUT2D eigenvalue weighted by molar-refractivity contribution is 6.01. The molecule has 3 rings (SSSR count). The molecule has 0 aromatic heterocycles. The first-order valence-electron chi connectivity index (χ1n) is 8.91. The van der Waals surface area contributed by atoms with Gasteiger partial charge in [0.2, 0.25) is 0 Å². The van der Waals surface area contributed by atoms with Crippen LogP contribution in [-0.4, -0.2) is 42.2 Å². The maximum atomic E-state index is 11.3. The topological polar surface area (TPSA) is 73.6 Å². The molecule has 0 saturated carbocycles. The molecule has 0 atom stereocenters. The van der Waals surface area contributed by atoms with Crippen molar-refractivity contribution in [3.63, 3.8) is 0 Å². The molecule has 2 aromatic rings. The van der Waals surface area contributed by atoms with Crippen molar-refractivity contribution in [2.45, 2.75) is 19.3 Å². The molecule has 2 aromatic carbocycles. The predicted molar refractivity (Wildman–Crippen MR) is 101 cm³/mol. The van der Waals surface area contributed by atoms with Crippen molar-refractivity contribution in [2.24, 2.45) is 0 Å². The number of nitriles is 1. The van der Waals surface area contributed by atoms with Gasteiger partial charge in [-0.3, -0.25) is 4.90 Å². The number of hydrogen-bond acceptors (Lipinski definition) is 4. The van der Waals surface area contributed by atoms with Gasteiger partial charge in [0.15, 0.2) is 0 Å². The molecule has 1 aliphatic rings. The number of carboxylic acids is 1. The molecule has 5 heteroatoms. The van der Waals surface area contributed by atoms with Gasteiger partial charge in [0, 0.05) is 12.1 Å². The molecule has 0 amide bonds. The fraction of sp³-hybridized carbons (Fsp3) is 0.333. The number of rotatable bonds is 6. The molecule has 1 N–H and O–H groups in total. The van der Waals surface area contributed by atoms with Crippen LogP contribution in [0.3, 0.4) is 0 Å². The summed E-state index contributed by atoms with van der Waals surface area (Å²) in [7, 11) is 0. The first kappa shape index (κ1) is 18.0. The van der Waals surface area contributed by atoms with E-state index in [9.17, 15) is 9.90 Å². The molecule has 134 valence electrons. The van der Waals surface area contributed by atoms with Crippen LogP contribution in [0.2, 0.25) is 0 Å². The highest BCUT2D eigenvalue weighted by Crippen LogP contribution is 2.30. The highest BCUT2D eigenvalue weighted by Gasteiger charge is 2.13. The Morgan fingerprint density at radius 2 is 1.96 bits per heavy atom. The largest absolute Gasteiger partial charge is 0.492 e. The van der Waals surface area contributed by atoms with E-state index in [2.05, 4.69) is 4.90 Å². The summed E-state index contributed by atoms with van der Waals surface area (Å²) in [4.78, 5) is 13.7. The van der Waals surface area contributed by atoms with Crippen LogP contribution in [0.5, 0.6) is 5.75 Å². The maximum absolute atomic E-state index is 11.3. The Bertz CT molecular complexity index is 861. The summed E-state index contributed by atoms with van der Waals surface area (Å²) in [6, 6.07) is 13.2. The molecule has 5 nitrogen and oxygen atoms in total. The van der Waals surface area contributed by atoms with E-state index in [4.69, 9.17) is 10.00 Å².